The summed E-state index contributed by atoms with van der Waals surface area (Å²) in [5.41, 5.74) is 2.37. The first-order valence-corrected chi connectivity index (χ1v) is 8.86. The van der Waals surface area contributed by atoms with E-state index in [0.29, 0.717) is 23.1 Å². The maximum Gasteiger partial charge on any atom is 0.275 e. The molecule has 0 saturated heterocycles. The zero-order valence-corrected chi connectivity index (χ0v) is 15.3. The lowest BCUT2D eigenvalue weighted by molar-refractivity contribution is -0.885. The van der Waals surface area contributed by atoms with Crippen molar-refractivity contribution < 1.29 is 9.69 Å². The SMILES string of the molecule is C[NH+](CC(=O)NCCCc1ccccc1)Cc1ccc(Cl)c(Cl)c1. The Bertz CT molecular complexity index is 662. The molecule has 0 radical (unpaired) electrons. The highest BCUT2D eigenvalue weighted by molar-refractivity contribution is 6.42. The highest BCUT2D eigenvalue weighted by atomic mass is 35.5. The number of benzene rings is 2. The highest BCUT2D eigenvalue weighted by Crippen LogP contribution is 2.22. The average Bonchev–Trinajstić information content (AvgIpc) is 2.56. The minimum Gasteiger partial charge on any atom is -0.351 e. The van der Waals surface area contributed by atoms with Crippen LogP contribution in [0.1, 0.15) is 17.5 Å². The Labute approximate surface area is 153 Å². The molecular weight excluding hydrogens is 343 g/mol. The van der Waals surface area contributed by atoms with Gasteiger partial charge in [-0.2, -0.15) is 0 Å². The van der Waals surface area contributed by atoms with Gasteiger partial charge in [-0.1, -0.05) is 59.6 Å². The summed E-state index contributed by atoms with van der Waals surface area (Å²) >= 11 is 11.9. The van der Waals surface area contributed by atoms with Crippen molar-refractivity contribution in [3.8, 4) is 0 Å². The molecule has 2 aromatic rings. The normalized spacial score (nSPS) is 12.0. The number of quaternary nitrogens is 1. The van der Waals surface area contributed by atoms with Gasteiger partial charge in [-0.05, 0) is 30.5 Å². The fourth-order valence-electron chi connectivity index (χ4n) is 2.56. The average molecular weight is 366 g/mol. The molecular formula is C19H23Cl2N2O+. The lowest BCUT2D eigenvalue weighted by Crippen LogP contribution is -3.08. The Kier molecular flexibility index (Phi) is 7.57. The summed E-state index contributed by atoms with van der Waals surface area (Å²) in [6, 6.07) is 15.9. The van der Waals surface area contributed by atoms with Crippen LogP contribution in [0.5, 0.6) is 0 Å². The number of likely N-dealkylation sites (N-methyl/N-ethyl adjacent to an activating group) is 1. The maximum absolute atomic E-state index is 12.0. The van der Waals surface area contributed by atoms with Gasteiger partial charge >= 0.3 is 0 Å². The Balaban J connectivity index is 1.66. The van der Waals surface area contributed by atoms with Crippen LogP contribution in [0.4, 0.5) is 0 Å². The number of hydrogen-bond donors (Lipinski definition) is 2. The number of rotatable bonds is 8. The molecule has 0 aromatic heterocycles. The summed E-state index contributed by atoms with van der Waals surface area (Å²) in [6.07, 6.45) is 1.93. The molecule has 1 unspecified atom stereocenters. The molecule has 0 saturated carbocycles. The van der Waals surface area contributed by atoms with Crippen molar-refractivity contribution in [2.24, 2.45) is 0 Å². The minimum absolute atomic E-state index is 0.0700. The molecule has 0 bridgehead atoms. The molecule has 128 valence electrons. The van der Waals surface area contributed by atoms with Gasteiger partial charge in [-0.15, -0.1) is 0 Å². The lowest BCUT2D eigenvalue weighted by atomic mass is 10.1. The fraction of sp³-hybridized carbons (Fsp3) is 0.316. The van der Waals surface area contributed by atoms with E-state index in [4.69, 9.17) is 23.2 Å². The third kappa shape index (κ3) is 6.52. The van der Waals surface area contributed by atoms with E-state index in [2.05, 4.69) is 17.4 Å². The molecule has 2 aromatic carbocycles. The molecule has 0 aliphatic rings. The van der Waals surface area contributed by atoms with Crippen molar-refractivity contribution in [3.05, 3.63) is 69.7 Å². The molecule has 1 atom stereocenters. The summed E-state index contributed by atoms with van der Waals surface area (Å²) in [7, 11) is 1.99. The quantitative estimate of drug-likeness (QED) is 0.692. The van der Waals surface area contributed by atoms with E-state index in [1.807, 2.05) is 37.4 Å². The van der Waals surface area contributed by atoms with Gasteiger partial charge in [0.25, 0.3) is 5.91 Å². The van der Waals surface area contributed by atoms with Crippen LogP contribution in [-0.2, 0) is 17.8 Å². The predicted octanol–water partition coefficient (Wildman–Crippen LogP) is 2.76. The van der Waals surface area contributed by atoms with Crippen LogP contribution >= 0.6 is 23.2 Å². The van der Waals surface area contributed by atoms with E-state index < -0.39 is 0 Å². The molecule has 0 spiro atoms. The lowest BCUT2D eigenvalue weighted by Gasteiger charge is -2.14. The standard InChI is InChI=1S/C19H22Cl2N2O/c1-23(13-16-9-10-17(20)18(21)12-16)14-19(24)22-11-5-8-15-6-3-2-4-7-15/h2-4,6-7,9-10,12H,5,8,11,13-14H2,1H3,(H,22,24)/p+1. The molecule has 5 heteroatoms. The number of halogens is 2. The van der Waals surface area contributed by atoms with Crippen LogP contribution < -0.4 is 10.2 Å². The van der Waals surface area contributed by atoms with Gasteiger partial charge in [0, 0.05) is 12.1 Å². The van der Waals surface area contributed by atoms with E-state index >= 15 is 0 Å². The van der Waals surface area contributed by atoms with Crippen LogP contribution in [0.2, 0.25) is 10.0 Å². The maximum atomic E-state index is 12.0. The molecule has 1 amide bonds. The third-order valence-electron chi connectivity index (χ3n) is 3.76. The van der Waals surface area contributed by atoms with Gasteiger partial charge in [0.2, 0.25) is 0 Å². The number of amides is 1. The van der Waals surface area contributed by atoms with Crippen LogP contribution in [0, 0.1) is 0 Å². The van der Waals surface area contributed by atoms with Gasteiger partial charge in [0.1, 0.15) is 6.54 Å². The molecule has 2 N–H and O–H groups in total. The van der Waals surface area contributed by atoms with E-state index in [-0.39, 0.29) is 5.91 Å². The molecule has 0 aliphatic carbocycles. The summed E-state index contributed by atoms with van der Waals surface area (Å²) in [5, 5.41) is 4.08. The van der Waals surface area contributed by atoms with Crippen LogP contribution in [0.3, 0.4) is 0 Å². The zero-order chi connectivity index (χ0) is 17.4. The van der Waals surface area contributed by atoms with Crippen molar-refractivity contribution in [1.29, 1.82) is 0 Å². The number of aryl methyl sites for hydroxylation is 1. The number of nitrogens with one attached hydrogen (secondary N) is 2. The Morgan fingerprint density at radius 1 is 1.04 bits per heavy atom. The number of carbonyl (C=O) groups excluding carboxylic acids is 1. The summed E-state index contributed by atoms with van der Waals surface area (Å²) < 4.78 is 0. The molecule has 0 fully saturated rings. The summed E-state index contributed by atoms with van der Waals surface area (Å²) in [6.45, 7) is 1.87. The second kappa shape index (κ2) is 9.67. The monoisotopic (exact) mass is 365 g/mol. The third-order valence-corrected chi connectivity index (χ3v) is 4.50. The second-order valence-electron chi connectivity index (χ2n) is 6.00. The number of carbonyl (C=O) groups is 1. The summed E-state index contributed by atoms with van der Waals surface area (Å²) in [4.78, 5) is 13.1. The van der Waals surface area contributed by atoms with Gasteiger partial charge in [0.15, 0.2) is 6.54 Å². The van der Waals surface area contributed by atoms with Gasteiger partial charge < -0.3 is 10.2 Å². The van der Waals surface area contributed by atoms with E-state index in [1.165, 1.54) is 5.56 Å². The largest absolute Gasteiger partial charge is 0.351 e. The minimum atomic E-state index is 0.0700. The molecule has 0 aliphatic heterocycles. The Morgan fingerprint density at radius 3 is 2.50 bits per heavy atom. The zero-order valence-electron chi connectivity index (χ0n) is 13.8. The van der Waals surface area contributed by atoms with Crippen molar-refractivity contribution in [2.45, 2.75) is 19.4 Å². The van der Waals surface area contributed by atoms with Crippen molar-refractivity contribution >= 4 is 29.1 Å². The summed E-state index contributed by atoms with van der Waals surface area (Å²) in [5.74, 6) is 0.0700. The molecule has 3 nitrogen and oxygen atoms in total. The van der Waals surface area contributed by atoms with Crippen molar-refractivity contribution in [3.63, 3.8) is 0 Å². The first-order chi connectivity index (χ1) is 11.5. The molecule has 2 rings (SSSR count). The second-order valence-corrected chi connectivity index (χ2v) is 6.81. The molecule has 0 heterocycles. The van der Waals surface area contributed by atoms with Crippen LogP contribution in [-0.4, -0.2) is 26.0 Å². The Hall–Kier alpha value is -1.55. The number of hydrogen-bond acceptors (Lipinski definition) is 1. The van der Waals surface area contributed by atoms with Crippen molar-refractivity contribution in [2.75, 3.05) is 20.1 Å². The van der Waals surface area contributed by atoms with Gasteiger partial charge in [-0.3, -0.25) is 4.79 Å². The first-order valence-electron chi connectivity index (χ1n) is 8.10. The molecule has 24 heavy (non-hydrogen) atoms. The van der Waals surface area contributed by atoms with Crippen LogP contribution in [0.15, 0.2) is 48.5 Å². The smallest absolute Gasteiger partial charge is 0.275 e. The topological polar surface area (TPSA) is 33.5 Å². The van der Waals surface area contributed by atoms with Crippen LogP contribution in [0.25, 0.3) is 0 Å². The van der Waals surface area contributed by atoms with E-state index in [1.54, 1.807) is 6.07 Å². The van der Waals surface area contributed by atoms with E-state index in [0.717, 1.165) is 29.8 Å². The van der Waals surface area contributed by atoms with Crippen molar-refractivity contribution in [1.82, 2.24) is 5.32 Å². The predicted molar refractivity (Wildman–Crippen MR) is 99.7 cm³/mol. The first kappa shape index (κ1) is 18.8. The highest BCUT2D eigenvalue weighted by Gasteiger charge is 2.11. The van der Waals surface area contributed by atoms with E-state index in [9.17, 15) is 4.79 Å². The van der Waals surface area contributed by atoms with Gasteiger partial charge in [-0.25, -0.2) is 0 Å². The van der Waals surface area contributed by atoms with Gasteiger partial charge in [0.05, 0.1) is 17.1 Å². The Morgan fingerprint density at radius 2 is 1.79 bits per heavy atom. The fourth-order valence-corrected chi connectivity index (χ4v) is 2.88.